The number of para-hydroxylation sites is 1. The fraction of sp³-hybridized carbons (Fsp3) is 0.409. The molecular weight excluding hydrogens is 410 g/mol. The summed E-state index contributed by atoms with van der Waals surface area (Å²) in [7, 11) is -3.82. The molecule has 2 aromatic rings. The molecule has 1 atom stereocenters. The second-order valence-electron chi connectivity index (χ2n) is 7.86. The molecule has 7 heteroatoms. The molecule has 0 aromatic heterocycles. The van der Waals surface area contributed by atoms with Crippen molar-refractivity contribution >= 4 is 27.3 Å². The first-order valence-corrected chi connectivity index (χ1v) is 11.8. The largest absolute Gasteiger partial charge is 0.493 e. The van der Waals surface area contributed by atoms with Gasteiger partial charge in [-0.05, 0) is 55.2 Å². The van der Waals surface area contributed by atoms with Crippen molar-refractivity contribution in [2.75, 3.05) is 13.2 Å². The molecule has 1 aliphatic heterocycles. The number of halogens is 1. The number of ether oxygens (including phenoxy) is 1. The van der Waals surface area contributed by atoms with Gasteiger partial charge in [-0.25, -0.2) is 8.42 Å². The highest BCUT2D eigenvalue weighted by molar-refractivity contribution is 7.93. The minimum Gasteiger partial charge on any atom is -0.493 e. The minimum absolute atomic E-state index is 0.116. The van der Waals surface area contributed by atoms with Crippen LogP contribution in [0.2, 0.25) is 5.02 Å². The quantitative estimate of drug-likeness (QED) is 0.778. The Hall–Kier alpha value is -2.05. The molecule has 1 heterocycles. The molecule has 1 fully saturated rings. The van der Waals surface area contributed by atoms with Crippen molar-refractivity contribution in [3.05, 3.63) is 59.1 Å². The van der Waals surface area contributed by atoms with Gasteiger partial charge in [0.1, 0.15) is 5.75 Å². The number of carbonyl (C=O) groups is 1. The molecule has 2 aliphatic rings. The van der Waals surface area contributed by atoms with Gasteiger partial charge in [-0.1, -0.05) is 42.6 Å². The average Bonchev–Trinajstić information content (AvgIpc) is 3.24. The number of carbonyl (C=O) groups excluding carboxylic acids is 1. The van der Waals surface area contributed by atoms with Gasteiger partial charge in [0.05, 0.1) is 11.5 Å². The zero-order valence-electron chi connectivity index (χ0n) is 16.1. The van der Waals surface area contributed by atoms with Crippen LogP contribution in [0.15, 0.2) is 53.4 Å². The van der Waals surface area contributed by atoms with Crippen molar-refractivity contribution in [2.24, 2.45) is 5.92 Å². The molecule has 4 rings (SSSR count). The first-order chi connectivity index (χ1) is 13.9. The molecule has 0 bridgehead atoms. The van der Waals surface area contributed by atoms with E-state index in [-0.39, 0.29) is 10.8 Å². The Morgan fingerprint density at radius 3 is 2.52 bits per heavy atom. The Balaban J connectivity index is 1.50. The van der Waals surface area contributed by atoms with Crippen molar-refractivity contribution < 1.29 is 17.9 Å². The van der Waals surface area contributed by atoms with E-state index in [2.05, 4.69) is 5.32 Å². The topological polar surface area (TPSA) is 72.5 Å². The summed E-state index contributed by atoms with van der Waals surface area (Å²) in [5.74, 6) is 0.599. The van der Waals surface area contributed by atoms with Crippen molar-refractivity contribution in [2.45, 2.75) is 41.7 Å². The van der Waals surface area contributed by atoms with E-state index in [9.17, 15) is 13.2 Å². The summed E-state index contributed by atoms with van der Waals surface area (Å²) in [5.41, 5.74) is 1.11. The maximum Gasteiger partial charge on any atom is 0.241 e. The highest BCUT2D eigenvalue weighted by atomic mass is 35.5. The number of nitrogens with one attached hydrogen (secondary N) is 1. The lowest BCUT2D eigenvalue weighted by Crippen LogP contribution is -2.52. The predicted octanol–water partition coefficient (Wildman–Crippen LogP) is 3.79. The SMILES string of the molecule is O=C(NCC1COc2ccccc2C1)C1(S(=O)(=O)c2ccc(Cl)cc2)CCCC1. The Morgan fingerprint density at radius 1 is 1.10 bits per heavy atom. The van der Waals surface area contributed by atoms with Crippen molar-refractivity contribution in [1.29, 1.82) is 0 Å². The molecule has 1 saturated carbocycles. The number of hydrogen-bond donors (Lipinski definition) is 1. The highest BCUT2D eigenvalue weighted by Crippen LogP contribution is 2.41. The van der Waals surface area contributed by atoms with E-state index in [0.717, 1.165) is 30.6 Å². The van der Waals surface area contributed by atoms with E-state index in [1.165, 1.54) is 12.1 Å². The maximum atomic E-state index is 13.4. The normalized spacial score (nSPS) is 20.5. The molecule has 1 unspecified atom stereocenters. The van der Waals surface area contributed by atoms with Gasteiger partial charge in [-0.2, -0.15) is 0 Å². The molecule has 1 amide bonds. The van der Waals surface area contributed by atoms with Gasteiger partial charge in [0, 0.05) is 17.5 Å². The van der Waals surface area contributed by atoms with Crippen molar-refractivity contribution in [3.8, 4) is 5.75 Å². The van der Waals surface area contributed by atoms with Crippen LogP contribution in [0.5, 0.6) is 5.75 Å². The lowest BCUT2D eigenvalue weighted by atomic mass is 9.96. The predicted molar refractivity (Wildman–Crippen MR) is 112 cm³/mol. The summed E-state index contributed by atoms with van der Waals surface area (Å²) in [6, 6.07) is 13.9. The van der Waals surface area contributed by atoms with Gasteiger partial charge in [-0.3, -0.25) is 4.79 Å². The second-order valence-corrected chi connectivity index (χ2v) is 10.6. The fourth-order valence-electron chi connectivity index (χ4n) is 4.32. The Labute approximate surface area is 176 Å². The first-order valence-electron chi connectivity index (χ1n) is 9.92. The highest BCUT2D eigenvalue weighted by Gasteiger charge is 2.52. The summed E-state index contributed by atoms with van der Waals surface area (Å²) >= 11 is 5.90. The summed E-state index contributed by atoms with van der Waals surface area (Å²) < 4.78 is 31.2. The van der Waals surface area contributed by atoms with E-state index in [1.54, 1.807) is 12.1 Å². The van der Waals surface area contributed by atoms with E-state index >= 15 is 0 Å². The third-order valence-electron chi connectivity index (χ3n) is 5.97. The molecule has 1 aliphatic carbocycles. The van der Waals surface area contributed by atoms with Gasteiger partial charge in [0.2, 0.25) is 5.91 Å². The molecule has 0 spiro atoms. The average molecular weight is 434 g/mol. The zero-order chi connectivity index (χ0) is 20.5. The van der Waals surface area contributed by atoms with E-state index in [0.29, 0.717) is 31.0 Å². The van der Waals surface area contributed by atoms with Crippen LogP contribution >= 0.6 is 11.6 Å². The molecule has 0 radical (unpaired) electrons. The van der Waals surface area contributed by atoms with Crippen LogP contribution in [0.3, 0.4) is 0 Å². The zero-order valence-corrected chi connectivity index (χ0v) is 17.6. The van der Waals surface area contributed by atoms with E-state index < -0.39 is 20.5 Å². The van der Waals surface area contributed by atoms with E-state index in [1.807, 2.05) is 24.3 Å². The smallest absolute Gasteiger partial charge is 0.241 e. The summed E-state index contributed by atoms with van der Waals surface area (Å²) in [6.07, 6.45) is 2.93. The third kappa shape index (κ3) is 3.76. The number of benzene rings is 2. The standard InChI is InChI=1S/C22H24ClNO4S/c23-18-7-9-19(10-8-18)29(26,27)22(11-3-4-12-22)21(25)24-14-16-13-17-5-1-2-6-20(17)28-15-16/h1-2,5-10,16H,3-4,11-15H2,(H,24,25). The molecule has 0 saturated heterocycles. The summed E-state index contributed by atoms with van der Waals surface area (Å²) in [6.45, 7) is 0.902. The lowest BCUT2D eigenvalue weighted by Gasteiger charge is -2.30. The maximum absolute atomic E-state index is 13.4. The number of amides is 1. The van der Waals surface area contributed by atoms with Gasteiger partial charge in [0.25, 0.3) is 0 Å². The van der Waals surface area contributed by atoms with Crippen LogP contribution in [0.4, 0.5) is 0 Å². The molecule has 5 nitrogen and oxygen atoms in total. The van der Waals surface area contributed by atoms with Gasteiger partial charge >= 0.3 is 0 Å². The summed E-state index contributed by atoms with van der Waals surface area (Å²) in [4.78, 5) is 13.3. The molecular formula is C22H24ClNO4S. The Kier molecular flexibility index (Phi) is 5.58. The van der Waals surface area contributed by atoms with Gasteiger partial charge < -0.3 is 10.1 Å². The minimum atomic E-state index is -3.82. The monoisotopic (exact) mass is 433 g/mol. The molecule has 1 N–H and O–H groups in total. The van der Waals surface area contributed by atoms with Gasteiger partial charge in [0.15, 0.2) is 14.6 Å². The first kappa shape index (κ1) is 20.2. The van der Waals surface area contributed by atoms with Crippen LogP contribution in [0.1, 0.15) is 31.2 Å². The van der Waals surface area contributed by atoms with Crippen LogP contribution in [0, 0.1) is 5.92 Å². The molecule has 29 heavy (non-hydrogen) atoms. The van der Waals surface area contributed by atoms with E-state index in [4.69, 9.17) is 16.3 Å². The van der Waals surface area contributed by atoms with Gasteiger partial charge in [-0.15, -0.1) is 0 Å². The third-order valence-corrected chi connectivity index (χ3v) is 8.74. The second kappa shape index (κ2) is 8.00. The number of sulfone groups is 1. The number of hydrogen-bond acceptors (Lipinski definition) is 4. The van der Waals surface area contributed by atoms with Crippen LogP contribution in [0.25, 0.3) is 0 Å². The van der Waals surface area contributed by atoms with Crippen molar-refractivity contribution in [3.63, 3.8) is 0 Å². The molecule has 2 aromatic carbocycles. The molecule has 154 valence electrons. The fourth-order valence-corrected chi connectivity index (χ4v) is 6.54. The van der Waals surface area contributed by atoms with Crippen LogP contribution < -0.4 is 10.1 Å². The summed E-state index contributed by atoms with van der Waals surface area (Å²) in [5, 5.41) is 3.39. The Morgan fingerprint density at radius 2 is 1.79 bits per heavy atom. The number of rotatable bonds is 5. The lowest BCUT2D eigenvalue weighted by molar-refractivity contribution is -0.123. The Bertz CT molecular complexity index is 998. The van der Waals surface area contributed by atoms with Crippen molar-refractivity contribution in [1.82, 2.24) is 5.32 Å². The van der Waals surface area contributed by atoms with Crippen LogP contribution in [-0.2, 0) is 21.1 Å². The number of fused-ring (bicyclic) bond motifs is 1. The van der Waals surface area contributed by atoms with Crippen LogP contribution in [-0.4, -0.2) is 32.2 Å².